The van der Waals surface area contributed by atoms with Gasteiger partial charge in [-0.15, -0.1) is 0 Å². The van der Waals surface area contributed by atoms with Crippen molar-refractivity contribution in [1.82, 2.24) is 0 Å². The lowest BCUT2D eigenvalue weighted by molar-refractivity contribution is 0.355. The molecule has 9 aromatic rings. The summed E-state index contributed by atoms with van der Waals surface area (Å²) in [6, 6.07) is 54.9. The number of para-hydroxylation sites is 3. The van der Waals surface area contributed by atoms with E-state index < -0.39 is 0 Å². The predicted octanol–water partition coefficient (Wildman–Crippen LogP) is 19.6. The molecule has 0 spiro atoms. The van der Waals surface area contributed by atoms with Crippen molar-refractivity contribution >= 4 is 78.5 Å². The lowest BCUT2D eigenvalue weighted by Gasteiger charge is -2.34. The average molecular weight is 1090 g/mol. The summed E-state index contributed by atoms with van der Waals surface area (Å²) in [4.78, 5) is 4.98. The molecule has 2 aromatic heterocycles. The van der Waals surface area contributed by atoms with E-state index in [4.69, 9.17) is 8.83 Å². The number of nitrogens with zero attached hydrogens (tertiary/aromatic N) is 2. The van der Waals surface area contributed by atoms with Crippen molar-refractivity contribution in [2.75, 3.05) is 9.80 Å². The van der Waals surface area contributed by atoms with Crippen molar-refractivity contribution in [2.45, 2.75) is 104 Å². The molecule has 0 N–H and O–H groups in total. The second kappa shape index (κ2) is 18.0. The zero-order chi connectivity index (χ0) is 57.3. The van der Waals surface area contributed by atoms with E-state index >= 15 is 0 Å². The van der Waals surface area contributed by atoms with Crippen LogP contribution in [0.15, 0.2) is 226 Å². The summed E-state index contributed by atoms with van der Waals surface area (Å²) in [5.41, 5.74) is 27.0. The molecule has 4 atom stereocenters. The van der Waals surface area contributed by atoms with E-state index in [2.05, 4.69) is 286 Å². The van der Waals surface area contributed by atoms with Gasteiger partial charge in [0.25, 0.3) is 0 Å². The van der Waals surface area contributed by atoms with E-state index in [-0.39, 0.29) is 33.6 Å². The summed E-state index contributed by atoms with van der Waals surface area (Å²) in [5, 5.41) is 4.91. The summed E-state index contributed by atoms with van der Waals surface area (Å²) < 4.78 is 13.8. The second-order valence-electron chi connectivity index (χ2n) is 27.5. The highest BCUT2D eigenvalue weighted by Gasteiger charge is 2.52. The van der Waals surface area contributed by atoms with Gasteiger partial charge in [-0.3, -0.25) is 0 Å². The molecule has 0 saturated carbocycles. The molecule has 0 bridgehead atoms. The summed E-state index contributed by atoms with van der Waals surface area (Å²) in [6.07, 6.45) is 25.2. The Morgan fingerprint density at radius 2 is 1.35 bits per heavy atom. The van der Waals surface area contributed by atoms with Crippen molar-refractivity contribution in [3.63, 3.8) is 0 Å². The van der Waals surface area contributed by atoms with Crippen molar-refractivity contribution in [3.8, 4) is 11.1 Å². The zero-order valence-corrected chi connectivity index (χ0v) is 50.1. The minimum atomic E-state index is -0.369. The van der Waals surface area contributed by atoms with Crippen LogP contribution in [0, 0.1) is 23.2 Å². The van der Waals surface area contributed by atoms with Crippen LogP contribution in [-0.4, -0.2) is 6.04 Å². The van der Waals surface area contributed by atoms with Crippen molar-refractivity contribution in [3.05, 3.63) is 261 Å². The highest BCUT2D eigenvalue weighted by atomic mass is 16.3. The van der Waals surface area contributed by atoms with Crippen LogP contribution < -0.4 is 20.4 Å². The van der Waals surface area contributed by atoms with Crippen LogP contribution in [0.25, 0.3) is 66.8 Å². The first-order valence-corrected chi connectivity index (χ1v) is 30.6. The first kappa shape index (κ1) is 51.1. The third-order valence-electron chi connectivity index (χ3n) is 20.9. The van der Waals surface area contributed by atoms with Crippen LogP contribution in [0.1, 0.15) is 115 Å². The van der Waals surface area contributed by atoms with E-state index in [9.17, 15) is 0 Å². The van der Waals surface area contributed by atoms with Crippen LogP contribution in [-0.2, 0) is 16.2 Å². The second-order valence-corrected chi connectivity index (χ2v) is 27.5. The van der Waals surface area contributed by atoms with Crippen molar-refractivity contribution in [2.24, 2.45) is 23.2 Å². The van der Waals surface area contributed by atoms with Crippen LogP contribution in [0.2, 0.25) is 0 Å². The molecule has 0 radical (unpaired) electrons. The summed E-state index contributed by atoms with van der Waals surface area (Å²) in [7, 11) is 0. The fourth-order valence-corrected chi connectivity index (χ4v) is 16.4. The normalized spacial score (nSPS) is 22.0. The maximum Gasteiger partial charge on any atom is 0.143 e. The van der Waals surface area contributed by atoms with E-state index in [0.29, 0.717) is 11.8 Å². The molecule has 1 aliphatic heterocycles. The third-order valence-corrected chi connectivity index (χ3v) is 20.9. The maximum atomic E-state index is 7.18. The predicted molar refractivity (Wildman–Crippen MR) is 351 cm³/mol. The fraction of sp³-hybridized carbons (Fsp3) is 0.250. The van der Waals surface area contributed by atoms with Gasteiger partial charge in [0.2, 0.25) is 0 Å². The maximum absolute atomic E-state index is 7.18. The van der Waals surface area contributed by atoms with E-state index in [1.165, 1.54) is 94.2 Å². The summed E-state index contributed by atoms with van der Waals surface area (Å²) in [6.45, 7) is 23.9. The highest BCUT2D eigenvalue weighted by Crippen LogP contribution is 2.64. The van der Waals surface area contributed by atoms with Gasteiger partial charge in [-0.05, 0) is 193 Å². The molecule has 4 heteroatoms. The largest absolute Gasteiger partial charge is 0.456 e. The minimum Gasteiger partial charge on any atom is -0.456 e. The third kappa shape index (κ3) is 7.19. The lowest BCUT2D eigenvalue weighted by atomic mass is 9.70. The number of benzene rings is 7. The van der Waals surface area contributed by atoms with Gasteiger partial charge in [0.15, 0.2) is 0 Å². The fourth-order valence-electron chi connectivity index (χ4n) is 16.4. The van der Waals surface area contributed by atoms with Gasteiger partial charge in [0.05, 0.1) is 6.04 Å². The molecule has 16 rings (SSSR count). The smallest absolute Gasteiger partial charge is 0.143 e. The first-order chi connectivity index (χ1) is 40.5. The Bertz CT molecular complexity index is 4700. The molecule has 414 valence electrons. The van der Waals surface area contributed by atoms with E-state index in [1.54, 1.807) is 5.57 Å². The van der Waals surface area contributed by atoms with Gasteiger partial charge in [-0.2, -0.15) is 0 Å². The topological polar surface area (TPSA) is 32.8 Å². The molecule has 4 unspecified atom stereocenters. The van der Waals surface area contributed by atoms with Crippen LogP contribution in [0.4, 0.5) is 22.7 Å². The Morgan fingerprint density at radius 1 is 0.667 bits per heavy atom. The minimum absolute atomic E-state index is 0.00543. The SMILES string of the molecule is C/C=C\C=C(/C1=CN(c2ccccc2)C2C=CC=CC12)c1cc2c(c3c1oc1ccccc13)-c1ccc(N(c3ccc(C(C)(C)C)cc3)c3ccc4c(c3)C(C)(C)C3CC5=C(C=C43)C(C)(C)C3CC=c4oc6ccccc6c4=C53)cc1C2(C)C. The Labute approximate surface area is 494 Å². The molecule has 0 amide bonds. The van der Waals surface area contributed by atoms with Gasteiger partial charge in [-0.25, -0.2) is 0 Å². The van der Waals surface area contributed by atoms with Crippen LogP contribution in [0.3, 0.4) is 0 Å². The number of hydrogen-bond donors (Lipinski definition) is 0. The van der Waals surface area contributed by atoms with E-state index in [0.717, 1.165) is 57.3 Å². The Kier molecular flexibility index (Phi) is 10.9. The number of fused-ring (bicyclic) bond motifs is 16. The Hall–Kier alpha value is -8.60. The molecule has 3 heterocycles. The Morgan fingerprint density at radius 3 is 2.10 bits per heavy atom. The average Bonchev–Trinajstić information content (AvgIpc) is 1.62. The number of anilines is 4. The molecule has 84 heavy (non-hydrogen) atoms. The molecular weight excluding hydrogens is 1020 g/mol. The zero-order valence-electron chi connectivity index (χ0n) is 50.1. The highest BCUT2D eigenvalue weighted by molar-refractivity contribution is 6.18. The van der Waals surface area contributed by atoms with Crippen LogP contribution in [0.5, 0.6) is 0 Å². The lowest BCUT2D eigenvalue weighted by Crippen LogP contribution is -2.33. The summed E-state index contributed by atoms with van der Waals surface area (Å²) in [5.74, 6) is 0.917. The van der Waals surface area contributed by atoms with Gasteiger partial charge < -0.3 is 18.6 Å². The Balaban J connectivity index is 0.844. The molecule has 6 aliphatic carbocycles. The first-order valence-electron chi connectivity index (χ1n) is 30.6. The monoisotopic (exact) mass is 1090 g/mol. The molecule has 0 saturated heterocycles. The van der Waals surface area contributed by atoms with Crippen LogP contribution >= 0.6 is 0 Å². The quantitative estimate of drug-likeness (QED) is 0.149. The number of rotatable bonds is 7. The molecular formula is C80H72N2O2. The molecule has 7 aliphatic rings. The van der Waals surface area contributed by atoms with Gasteiger partial charge in [0, 0.05) is 67.2 Å². The summed E-state index contributed by atoms with van der Waals surface area (Å²) >= 11 is 0. The molecule has 0 fully saturated rings. The molecule has 4 nitrogen and oxygen atoms in total. The number of hydrogen-bond acceptors (Lipinski definition) is 4. The van der Waals surface area contributed by atoms with Gasteiger partial charge in [0.1, 0.15) is 22.2 Å². The van der Waals surface area contributed by atoms with Gasteiger partial charge in [-0.1, -0.05) is 190 Å². The number of allylic oxidation sites excluding steroid dienone is 10. The standard InChI is InChI=1S/C80H72N2O2/c1-11-12-24-52(61-46-81(48-22-14-13-15-23-48)68-28-19-16-25-54(61)68)59-44-67-72(75-57-27-18-21-30-70(57)84-76(59)75)55-38-36-51(42-64(55)80(67,9)10)82(49-33-31-47(32-34-49)77(2,3)4)50-35-37-53-58-43-66-60(45-65(58)79(7,8)63(53)41-50)73-62(78(66,5)6)39-40-71-74(73)56-26-17-20-29-69(56)83-71/h11-38,40-44,46,54,62,65,68H,39,45H2,1-10H3/b12-11-,52-24-. The van der Waals surface area contributed by atoms with E-state index in [1.807, 2.05) is 0 Å². The van der Waals surface area contributed by atoms with Crippen molar-refractivity contribution in [1.29, 1.82) is 0 Å². The van der Waals surface area contributed by atoms with Gasteiger partial charge >= 0.3 is 0 Å². The number of furan rings is 2. The molecule has 7 aromatic carbocycles. The van der Waals surface area contributed by atoms with Crippen molar-refractivity contribution < 1.29 is 8.83 Å².